The molecular formula is C14H21N3O3. The summed E-state index contributed by atoms with van der Waals surface area (Å²) in [4.78, 5) is 27.5. The molecule has 1 amide bonds. The first-order valence-electron chi connectivity index (χ1n) is 7.12. The molecule has 1 aromatic heterocycles. The molecule has 20 heavy (non-hydrogen) atoms. The minimum atomic E-state index is -1.07. The summed E-state index contributed by atoms with van der Waals surface area (Å²) in [5, 5.41) is 12.2. The summed E-state index contributed by atoms with van der Waals surface area (Å²) in [6.07, 6.45) is 10.2. The van der Waals surface area contributed by atoms with E-state index in [1.54, 1.807) is 23.3 Å². The van der Waals surface area contributed by atoms with Crippen molar-refractivity contribution in [1.29, 1.82) is 0 Å². The van der Waals surface area contributed by atoms with E-state index in [4.69, 9.17) is 0 Å². The lowest BCUT2D eigenvalue weighted by Crippen LogP contribution is -2.54. The molecule has 0 radical (unpaired) electrons. The Morgan fingerprint density at radius 3 is 2.50 bits per heavy atom. The number of rotatable bonds is 5. The van der Waals surface area contributed by atoms with Crippen molar-refractivity contribution in [1.82, 2.24) is 14.9 Å². The van der Waals surface area contributed by atoms with Crippen molar-refractivity contribution in [3.63, 3.8) is 0 Å². The van der Waals surface area contributed by atoms with E-state index in [2.05, 4.69) is 10.3 Å². The average molecular weight is 279 g/mol. The molecule has 2 rings (SSSR count). The van der Waals surface area contributed by atoms with Gasteiger partial charge in [-0.25, -0.2) is 9.78 Å². The van der Waals surface area contributed by atoms with E-state index in [-0.39, 0.29) is 12.3 Å². The first-order chi connectivity index (χ1) is 9.62. The summed E-state index contributed by atoms with van der Waals surface area (Å²) in [7, 11) is 0. The molecule has 0 aromatic carbocycles. The highest BCUT2D eigenvalue weighted by Crippen LogP contribution is 2.27. The Balaban J connectivity index is 1.93. The van der Waals surface area contributed by atoms with Crippen molar-refractivity contribution in [2.24, 2.45) is 0 Å². The van der Waals surface area contributed by atoms with Crippen LogP contribution in [0.3, 0.4) is 0 Å². The van der Waals surface area contributed by atoms with Gasteiger partial charge in [0.25, 0.3) is 0 Å². The number of aromatic nitrogens is 2. The quantitative estimate of drug-likeness (QED) is 0.801. The maximum atomic E-state index is 12.0. The molecule has 0 spiro atoms. The number of carboxylic acid groups (broad SMARTS) is 1. The van der Waals surface area contributed by atoms with Gasteiger partial charge in [-0.3, -0.25) is 4.79 Å². The Hall–Kier alpha value is -1.85. The fourth-order valence-corrected chi connectivity index (χ4v) is 2.70. The van der Waals surface area contributed by atoms with E-state index >= 15 is 0 Å². The fourth-order valence-electron chi connectivity index (χ4n) is 2.70. The van der Waals surface area contributed by atoms with E-state index in [0.717, 1.165) is 25.7 Å². The van der Waals surface area contributed by atoms with Crippen LogP contribution in [0.5, 0.6) is 0 Å². The zero-order valence-electron chi connectivity index (χ0n) is 11.5. The van der Waals surface area contributed by atoms with Crippen molar-refractivity contribution in [3.8, 4) is 0 Å². The topological polar surface area (TPSA) is 84.2 Å². The van der Waals surface area contributed by atoms with Gasteiger partial charge in [-0.05, 0) is 12.8 Å². The third-order valence-corrected chi connectivity index (χ3v) is 3.90. The number of hydrogen-bond donors (Lipinski definition) is 2. The van der Waals surface area contributed by atoms with Crippen LogP contribution in [0.2, 0.25) is 0 Å². The maximum Gasteiger partial charge on any atom is 0.329 e. The van der Waals surface area contributed by atoms with Crippen LogP contribution in [-0.2, 0) is 16.1 Å². The van der Waals surface area contributed by atoms with Gasteiger partial charge in [-0.1, -0.05) is 25.7 Å². The molecule has 0 atom stereocenters. The van der Waals surface area contributed by atoms with Gasteiger partial charge in [0.05, 0.1) is 6.33 Å². The predicted molar refractivity (Wildman–Crippen MR) is 73.1 cm³/mol. The molecule has 1 aliphatic carbocycles. The van der Waals surface area contributed by atoms with Crippen molar-refractivity contribution in [2.45, 2.75) is 57.0 Å². The number of nitrogens with zero attached hydrogens (tertiary/aromatic N) is 2. The van der Waals surface area contributed by atoms with Gasteiger partial charge >= 0.3 is 5.97 Å². The third-order valence-electron chi connectivity index (χ3n) is 3.90. The molecular weight excluding hydrogens is 258 g/mol. The van der Waals surface area contributed by atoms with Gasteiger partial charge in [-0.2, -0.15) is 0 Å². The number of aryl methyl sites for hydroxylation is 1. The van der Waals surface area contributed by atoms with E-state index in [0.29, 0.717) is 19.4 Å². The van der Waals surface area contributed by atoms with E-state index in [1.165, 1.54) is 0 Å². The lowest BCUT2D eigenvalue weighted by Gasteiger charge is -2.29. The van der Waals surface area contributed by atoms with Gasteiger partial charge in [0, 0.05) is 25.4 Å². The summed E-state index contributed by atoms with van der Waals surface area (Å²) >= 11 is 0. The van der Waals surface area contributed by atoms with Gasteiger partial charge in [0.15, 0.2) is 0 Å². The highest BCUT2D eigenvalue weighted by atomic mass is 16.4. The summed E-state index contributed by atoms with van der Waals surface area (Å²) in [5.41, 5.74) is -1.07. The molecule has 2 N–H and O–H groups in total. The largest absolute Gasteiger partial charge is 0.480 e. The normalized spacial score (nSPS) is 18.2. The number of carboxylic acids is 1. The first-order valence-corrected chi connectivity index (χ1v) is 7.12. The van der Waals surface area contributed by atoms with Gasteiger partial charge in [-0.15, -0.1) is 0 Å². The molecule has 1 aromatic rings. The molecule has 1 fully saturated rings. The third kappa shape index (κ3) is 3.59. The smallest absolute Gasteiger partial charge is 0.329 e. The number of carbonyl (C=O) groups excluding carboxylic acids is 1. The van der Waals surface area contributed by atoms with E-state index < -0.39 is 11.5 Å². The predicted octanol–water partition coefficient (Wildman–Crippen LogP) is 1.57. The summed E-state index contributed by atoms with van der Waals surface area (Å²) in [5.74, 6) is -1.11. The zero-order valence-corrected chi connectivity index (χ0v) is 11.5. The van der Waals surface area contributed by atoms with Crippen LogP contribution in [0.15, 0.2) is 18.7 Å². The number of imidazole rings is 1. The molecule has 110 valence electrons. The first kappa shape index (κ1) is 14.6. The molecule has 0 unspecified atom stereocenters. The average Bonchev–Trinajstić information content (AvgIpc) is 2.82. The molecule has 0 aliphatic heterocycles. The molecule has 0 bridgehead atoms. The van der Waals surface area contributed by atoms with Gasteiger partial charge in [0.2, 0.25) is 5.91 Å². The highest BCUT2D eigenvalue weighted by molar-refractivity contribution is 5.87. The Morgan fingerprint density at radius 2 is 1.95 bits per heavy atom. The second-order valence-electron chi connectivity index (χ2n) is 5.40. The van der Waals surface area contributed by atoms with Crippen LogP contribution < -0.4 is 5.32 Å². The van der Waals surface area contributed by atoms with Crippen molar-refractivity contribution in [3.05, 3.63) is 18.7 Å². The lowest BCUT2D eigenvalue weighted by atomic mass is 9.90. The molecule has 6 heteroatoms. The minimum absolute atomic E-state index is 0.206. The molecule has 1 aliphatic rings. The van der Waals surface area contributed by atoms with Crippen molar-refractivity contribution in [2.75, 3.05) is 0 Å². The summed E-state index contributed by atoms with van der Waals surface area (Å²) < 4.78 is 1.81. The zero-order chi connectivity index (χ0) is 14.4. The summed E-state index contributed by atoms with van der Waals surface area (Å²) in [6.45, 7) is 0.515. The summed E-state index contributed by atoms with van der Waals surface area (Å²) in [6, 6.07) is 0. The standard InChI is InChI=1S/C14H21N3O3/c18-12(5-9-17-10-8-15-11-17)16-14(13(19)20)6-3-1-2-4-7-14/h8,10-11H,1-7,9H2,(H,16,18)(H,19,20). The Bertz CT molecular complexity index is 448. The second kappa shape index (κ2) is 6.54. The number of amides is 1. The number of nitrogens with one attached hydrogen (secondary N) is 1. The number of carbonyl (C=O) groups is 2. The number of aliphatic carboxylic acids is 1. The van der Waals surface area contributed by atoms with Crippen molar-refractivity contribution >= 4 is 11.9 Å². The molecule has 1 saturated carbocycles. The van der Waals surface area contributed by atoms with Gasteiger partial charge < -0.3 is 15.0 Å². The van der Waals surface area contributed by atoms with Crippen LogP contribution in [-0.4, -0.2) is 32.1 Å². The van der Waals surface area contributed by atoms with Crippen LogP contribution in [0.4, 0.5) is 0 Å². The van der Waals surface area contributed by atoms with Crippen LogP contribution >= 0.6 is 0 Å². The SMILES string of the molecule is O=C(CCn1ccnc1)NC1(C(=O)O)CCCCCC1. The minimum Gasteiger partial charge on any atom is -0.480 e. The Morgan fingerprint density at radius 1 is 1.25 bits per heavy atom. The van der Waals surface area contributed by atoms with Crippen LogP contribution in [0.1, 0.15) is 44.9 Å². The Labute approximate surface area is 118 Å². The number of hydrogen-bond acceptors (Lipinski definition) is 3. The van der Waals surface area contributed by atoms with Crippen LogP contribution in [0, 0.1) is 0 Å². The van der Waals surface area contributed by atoms with Gasteiger partial charge in [0.1, 0.15) is 5.54 Å². The van der Waals surface area contributed by atoms with E-state index in [9.17, 15) is 14.7 Å². The highest BCUT2D eigenvalue weighted by Gasteiger charge is 2.39. The molecule has 1 heterocycles. The monoisotopic (exact) mass is 279 g/mol. The maximum absolute atomic E-state index is 12.0. The Kier molecular flexibility index (Phi) is 4.76. The second-order valence-corrected chi connectivity index (χ2v) is 5.40. The van der Waals surface area contributed by atoms with Crippen LogP contribution in [0.25, 0.3) is 0 Å². The fraction of sp³-hybridized carbons (Fsp3) is 0.643. The molecule has 0 saturated heterocycles. The molecule has 6 nitrogen and oxygen atoms in total. The lowest BCUT2D eigenvalue weighted by molar-refractivity contribution is -0.148. The van der Waals surface area contributed by atoms with E-state index in [1.807, 2.05) is 0 Å². The van der Waals surface area contributed by atoms with Crippen molar-refractivity contribution < 1.29 is 14.7 Å².